The number of fused-ring (bicyclic) bond motifs is 1. The fourth-order valence-corrected chi connectivity index (χ4v) is 2.75. The molecule has 2 aliphatic rings. The lowest BCUT2D eigenvalue weighted by atomic mass is 10.1. The van der Waals surface area contributed by atoms with Crippen LogP contribution in [0.1, 0.15) is 13.8 Å². The molecule has 0 aromatic carbocycles. The van der Waals surface area contributed by atoms with E-state index in [1.54, 1.807) is 0 Å². The molecule has 2 fully saturated rings. The summed E-state index contributed by atoms with van der Waals surface area (Å²) in [5.74, 6) is 0.755. The van der Waals surface area contributed by atoms with Crippen LogP contribution in [-0.4, -0.2) is 22.7 Å². The van der Waals surface area contributed by atoms with E-state index in [1.165, 1.54) is 0 Å². The highest BCUT2D eigenvalue weighted by Crippen LogP contribution is 2.34. The summed E-state index contributed by atoms with van der Waals surface area (Å²) >= 11 is 1.83. The molecule has 2 aliphatic heterocycles. The lowest BCUT2D eigenvalue weighted by molar-refractivity contribution is -0.128. The Bertz CT molecular complexity index is 195. The quantitative estimate of drug-likeness (QED) is 0.552. The Hall–Kier alpha value is -0.220. The second kappa shape index (κ2) is 2.38. The van der Waals surface area contributed by atoms with Crippen LogP contribution in [0, 0.1) is 5.92 Å². The SMILES string of the molecule is CC(C)C1NC2C(=O)NC2S1. The van der Waals surface area contributed by atoms with Crippen molar-refractivity contribution >= 4 is 17.7 Å². The largest absolute Gasteiger partial charge is 0.341 e. The van der Waals surface area contributed by atoms with E-state index in [2.05, 4.69) is 24.5 Å². The van der Waals surface area contributed by atoms with Crippen molar-refractivity contribution in [3.8, 4) is 0 Å². The lowest BCUT2D eigenvalue weighted by Gasteiger charge is -2.28. The molecule has 4 heteroatoms. The molecule has 2 heterocycles. The minimum absolute atomic E-state index is 0.0902. The van der Waals surface area contributed by atoms with Crippen LogP contribution in [0.15, 0.2) is 0 Å². The Morgan fingerprint density at radius 3 is 2.73 bits per heavy atom. The van der Waals surface area contributed by atoms with Gasteiger partial charge in [-0.2, -0.15) is 0 Å². The molecule has 2 N–H and O–H groups in total. The van der Waals surface area contributed by atoms with Crippen molar-refractivity contribution in [3.63, 3.8) is 0 Å². The maximum atomic E-state index is 10.9. The van der Waals surface area contributed by atoms with Gasteiger partial charge in [-0.25, -0.2) is 0 Å². The monoisotopic (exact) mass is 172 g/mol. The molecular formula is C7H12N2OS. The smallest absolute Gasteiger partial charge is 0.241 e. The Labute approximate surface area is 70.3 Å². The van der Waals surface area contributed by atoms with Gasteiger partial charge in [0.25, 0.3) is 0 Å². The number of amides is 1. The van der Waals surface area contributed by atoms with Crippen LogP contribution in [0.25, 0.3) is 0 Å². The Morgan fingerprint density at radius 1 is 1.55 bits per heavy atom. The number of hydrogen-bond donors (Lipinski definition) is 2. The van der Waals surface area contributed by atoms with Gasteiger partial charge in [0.2, 0.25) is 5.91 Å². The van der Waals surface area contributed by atoms with Crippen molar-refractivity contribution in [2.45, 2.75) is 30.6 Å². The average Bonchev–Trinajstić information content (AvgIpc) is 2.26. The van der Waals surface area contributed by atoms with Crippen molar-refractivity contribution in [3.05, 3.63) is 0 Å². The first kappa shape index (κ1) is 7.43. The molecule has 0 spiro atoms. The van der Waals surface area contributed by atoms with Crippen LogP contribution in [0.4, 0.5) is 0 Å². The predicted molar refractivity (Wildman–Crippen MR) is 45.1 cm³/mol. The first-order valence-corrected chi connectivity index (χ1v) is 4.84. The van der Waals surface area contributed by atoms with Crippen LogP contribution in [0.3, 0.4) is 0 Å². The molecular weight excluding hydrogens is 160 g/mol. The zero-order valence-corrected chi connectivity index (χ0v) is 7.44. The zero-order valence-electron chi connectivity index (χ0n) is 6.63. The molecule has 2 saturated heterocycles. The van der Waals surface area contributed by atoms with Gasteiger partial charge >= 0.3 is 0 Å². The third kappa shape index (κ3) is 1.05. The first-order valence-electron chi connectivity index (χ1n) is 3.90. The minimum Gasteiger partial charge on any atom is -0.341 e. The van der Waals surface area contributed by atoms with Gasteiger partial charge < -0.3 is 5.32 Å². The Kier molecular flexibility index (Phi) is 1.61. The lowest BCUT2D eigenvalue weighted by Crippen LogP contribution is -2.62. The van der Waals surface area contributed by atoms with E-state index in [9.17, 15) is 4.79 Å². The number of hydrogen-bond acceptors (Lipinski definition) is 3. The van der Waals surface area contributed by atoms with E-state index >= 15 is 0 Å². The molecule has 3 unspecified atom stereocenters. The fraction of sp³-hybridized carbons (Fsp3) is 0.857. The Balaban J connectivity index is 1.98. The zero-order chi connectivity index (χ0) is 8.01. The van der Waals surface area contributed by atoms with Crippen LogP contribution in [0.5, 0.6) is 0 Å². The van der Waals surface area contributed by atoms with E-state index < -0.39 is 0 Å². The molecule has 0 aromatic rings. The van der Waals surface area contributed by atoms with Crippen molar-refractivity contribution < 1.29 is 4.79 Å². The fourth-order valence-electron chi connectivity index (χ4n) is 1.35. The minimum atomic E-state index is 0.0902. The first-order chi connectivity index (χ1) is 5.18. The molecule has 0 aromatic heterocycles. The van der Waals surface area contributed by atoms with Gasteiger partial charge in [0.1, 0.15) is 11.4 Å². The van der Waals surface area contributed by atoms with Crippen molar-refractivity contribution in [2.24, 2.45) is 5.92 Å². The molecule has 2 rings (SSSR count). The van der Waals surface area contributed by atoms with Crippen LogP contribution < -0.4 is 10.6 Å². The second-order valence-corrected chi connectivity index (χ2v) is 4.66. The molecule has 1 amide bonds. The summed E-state index contributed by atoms with van der Waals surface area (Å²) < 4.78 is 0. The Morgan fingerprint density at radius 2 is 2.27 bits per heavy atom. The summed E-state index contributed by atoms with van der Waals surface area (Å²) in [6.45, 7) is 4.33. The molecule has 3 nitrogen and oxygen atoms in total. The topological polar surface area (TPSA) is 41.1 Å². The molecule has 0 saturated carbocycles. The highest BCUT2D eigenvalue weighted by molar-refractivity contribution is 8.00. The van der Waals surface area contributed by atoms with Gasteiger partial charge in [-0.1, -0.05) is 13.8 Å². The summed E-state index contributed by atoms with van der Waals surface area (Å²) in [4.78, 5) is 10.9. The van der Waals surface area contributed by atoms with Crippen molar-refractivity contribution in [2.75, 3.05) is 0 Å². The van der Waals surface area contributed by atoms with Gasteiger partial charge in [0, 0.05) is 0 Å². The molecule has 62 valence electrons. The van der Waals surface area contributed by atoms with Gasteiger partial charge in [-0.3, -0.25) is 10.1 Å². The predicted octanol–water partition coefficient (Wildman–Crippen LogP) is 0.129. The summed E-state index contributed by atoms with van der Waals surface area (Å²) in [6, 6.07) is 0.0902. The maximum Gasteiger partial charge on any atom is 0.241 e. The van der Waals surface area contributed by atoms with Crippen molar-refractivity contribution in [1.29, 1.82) is 0 Å². The standard InChI is InChI=1S/C7H12N2OS/c1-3(2)6-8-4-5(10)9-7(4)11-6/h3-4,6-8H,1-2H3,(H,9,10). The van der Waals surface area contributed by atoms with E-state index in [0.29, 0.717) is 16.7 Å². The van der Waals surface area contributed by atoms with Crippen LogP contribution in [-0.2, 0) is 4.79 Å². The highest BCUT2D eigenvalue weighted by atomic mass is 32.2. The number of rotatable bonds is 1. The number of β-lactam (4-membered cyclic amide) rings is 1. The van der Waals surface area contributed by atoms with Crippen LogP contribution in [0.2, 0.25) is 0 Å². The molecule has 11 heavy (non-hydrogen) atoms. The van der Waals surface area contributed by atoms with E-state index in [1.807, 2.05) is 11.8 Å². The van der Waals surface area contributed by atoms with Crippen molar-refractivity contribution in [1.82, 2.24) is 10.6 Å². The third-order valence-electron chi connectivity index (χ3n) is 2.11. The van der Waals surface area contributed by atoms with Gasteiger partial charge in [-0.05, 0) is 5.92 Å². The molecule has 0 radical (unpaired) electrons. The summed E-state index contributed by atoms with van der Waals surface area (Å²) in [6.07, 6.45) is 0. The number of carbonyl (C=O) groups excluding carboxylic acids is 1. The summed E-state index contributed by atoms with van der Waals surface area (Å²) in [7, 11) is 0. The highest BCUT2D eigenvalue weighted by Gasteiger charge is 2.47. The van der Waals surface area contributed by atoms with E-state index in [0.717, 1.165) is 0 Å². The molecule has 0 aliphatic carbocycles. The number of thioether (sulfide) groups is 1. The number of carbonyl (C=O) groups is 1. The van der Waals surface area contributed by atoms with Gasteiger partial charge in [-0.15, -0.1) is 11.8 Å². The van der Waals surface area contributed by atoms with E-state index in [4.69, 9.17) is 0 Å². The van der Waals surface area contributed by atoms with E-state index in [-0.39, 0.29) is 11.9 Å². The normalized spacial score (nSPS) is 41.7. The average molecular weight is 172 g/mol. The maximum absolute atomic E-state index is 10.9. The molecule has 3 atom stereocenters. The summed E-state index contributed by atoms with van der Waals surface area (Å²) in [5.41, 5.74) is 0. The van der Waals surface area contributed by atoms with Gasteiger partial charge in [0.15, 0.2) is 0 Å². The molecule has 0 bridgehead atoms. The third-order valence-corrected chi connectivity index (χ3v) is 3.77. The second-order valence-electron chi connectivity index (χ2n) is 3.37. The number of nitrogens with one attached hydrogen (secondary N) is 2. The van der Waals surface area contributed by atoms with Gasteiger partial charge in [0.05, 0.1) is 5.37 Å². The van der Waals surface area contributed by atoms with Crippen LogP contribution >= 0.6 is 11.8 Å². The summed E-state index contributed by atoms with van der Waals surface area (Å²) in [5, 5.41) is 6.93.